The molecule has 3 rings (SSSR count). The molecule has 0 unspecified atom stereocenters. The van der Waals surface area contributed by atoms with E-state index < -0.39 is 5.97 Å². The SMILES string of the molecule is CC(=O)c1c(C)cc(C)c(COC(=O)c2ccccc2NC(=O)Cn2cnnn2)c1C. The van der Waals surface area contributed by atoms with Gasteiger partial charge in [0.2, 0.25) is 5.91 Å². The maximum atomic E-state index is 12.8. The zero-order valence-corrected chi connectivity index (χ0v) is 17.8. The van der Waals surface area contributed by atoms with E-state index in [0.717, 1.165) is 22.3 Å². The number of carbonyl (C=O) groups excluding carboxylic acids is 3. The lowest BCUT2D eigenvalue weighted by atomic mass is 9.92. The van der Waals surface area contributed by atoms with Crippen LogP contribution in [0.15, 0.2) is 36.7 Å². The van der Waals surface area contributed by atoms with Crippen molar-refractivity contribution in [3.05, 3.63) is 70.0 Å². The van der Waals surface area contributed by atoms with Gasteiger partial charge >= 0.3 is 5.97 Å². The fraction of sp³-hybridized carbons (Fsp3) is 0.273. The molecule has 0 saturated carbocycles. The molecule has 0 fully saturated rings. The summed E-state index contributed by atoms with van der Waals surface area (Å²) in [5.41, 5.74) is 4.63. The summed E-state index contributed by atoms with van der Waals surface area (Å²) in [5, 5.41) is 13.3. The number of para-hydroxylation sites is 1. The molecule has 2 aromatic carbocycles. The predicted molar refractivity (Wildman–Crippen MR) is 113 cm³/mol. The zero-order chi connectivity index (χ0) is 22.5. The summed E-state index contributed by atoms with van der Waals surface area (Å²) in [5.74, 6) is -0.996. The summed E-state index contributed by atoms with van der Waals surface area (Å²) in [6.45, 7) is 7.11. The first-order valence-corrected chi connectivity index (χ1v) is 9.65. The molecule has 9 heteroatoms. The number of hydrogen-bond acceptors (Lipinski definition) is 7. The summed E-state index contributed by atoms with van der Waals surface area (Å²) in [7, 11) is 0. The van der Waals surface area contributed by atoms with Gasteiger partial charge in [0, 0.05) is 5.56 Å². The van der Waals surface area contributed by atoms with Gasteiger partial charge in [0.15, 0.2) is 5.78 Å². The van der Waals surface area contributed by atoms with E-state index in [2.05, 4.69) is 20.8 Å². The number of aryl methyl sites for hydroxylation is 2. The maximum Gasteiger partial charge on any atom is 0.340 e. The third-order valence-electron chi connectivity index (χ3n) is 4.95. The molecule has 1 amide bonds. The Labute approximate surface area is 179 Å². The molecule has 0 radical (unpaired) electrons. The van der Waals surface area contributed by atoms with Crippen LogP contribution in [0, 0.1) is 20.8 Å². The van der Waals surface area contributed by atoms with Crippen molar-refractivity contribution in [3.8, 4) is 0 Å². The number of hydrogen-bond donors (Lipinski definition) is 1. The highest BCUT2D eigenvalue weighted by molar-refractivity contribution is 6.01. The van der Waals surface area contributed by atoms with Crippen LogP contribution in [0.1, 0.15) is 49.9 Å². The smallest absolute Gasteiger partial charge is 0.340 e. The zero-order valence-electron chi connectivity index (χ0n) is 17.8. The van der Waals surface area contributed by atoms with Crippen molar-refractivity contribution in [3.63, 3.8) is 0 Å². The third kappa shape index (κ3) is 5.00. The van der Waals surface area contributed by atoms with Gasteiger partial charge in [0.1, 0.15) is 19.5 Å². The van der Waals surface area contributed by atoms with Crippen LogP contribution < -0.4 is 5.32 Å². The molecule has 1 aromatic heterocycles. The highest BCUT2D eigenvalue weighted by atomic mass is 16.5. The van der Waals surface area contributed by atoms with Gasteiger partial charge in [-0.15, -0.1) is 5.10 Å². The van der Waals surface area contributed by atoms with E-state index in [0.29, 0.717) is 11.3 Å². The van der Waals surface area contributed by atoms with Crippen molar-refractivity contribution >= 4 is 23.3 Å². The molecule has 1 heterocycles. The van der Waals surface area contributed by atoms with Crippen molar-refractivity contribution in [1.29, 1.82) is 0 Å². The number of rotatable bonds is 7. The molecule has 0 atom stereocenters. The quantitative estimate of drug-likeness (QED) is 0.460. The lowest BCUT2D eigenvalue weighted by Crippen LogP contribution is -2.21. The highest BCUT2D eigenvalue weighted by Gasteiger charge is 2.18. The minimum atomic E-state index is -0.581. The number of amides is 1. The molecule has 0 aliphatic carbocycles. The molecular weight excluding hydrogens is 398 g/mol. The van der Waals surface area contributed by atoms with E-state index in [4.69, 9.17) is 4.74 Å². The number of anilines is 1. The summed E-state index contributed by atoms with van der Waals surface area (Å²) < 4.78 is 6.81. The molecule has 0 bridgehead atoms. The van der Waals surface area contributed by atoms with Crippen LogP contribution in [0.25, 0.3) is 0 Å². The van der Waals surface area contributed by atoms with Gasteiger partial charge in [-0.1, -0.05) is 18.2 Å². The first-order chi connectivity index (χ1) is 14.8. The minimum absolute atomic E-state index is 0.0178. The fourth-order valence-corrected chi connectivity index (χ4v) is 3.57. The minimum Gasteiger partial charge on any atom is -0.457 e. The number of nitrogens with zero attached hydrogens (tertiary/aromatic N) is 4. The van der Waals surface area contributed by atoms with Crippen LogP contribution in [0.4, 0.5) is 5.69 Å². The van der Waals surface area contributed by atoms with Crippen molar-refractivity contribution in [2.45, 2.75) is 40.8 Å². The Morgan fingerprint density at radius 2 is 1.84 bits per heavy atom. The number of ketones is 1. The number of aromatic nitrogens is 4. The number of ether oxygens (including phenoxy) is 1. The van der Waals surface area contributed by atoms with Crippen LogP contribution in [-0.4, -0.2) is 37.9 Å². The van der Waals surface area contributed by atoms with Crippen molar-refractivity contribution in [1.82, 2.24) is 20.2 Å². The average Bonchev–Trinajstić information content (AvgIpc) is 3.20. The van der Waals surface area contributed by atoms with Crippen molar-refractivity contribution < 1.29 is 19.1 Å². The lowest BCUT2D eigenvalue weighted by molar-refractivity contribution is -0.116. The molecular formula is C22H23N5O4. The number of tetrazole rings is 1. The van der Waals surface area contributed by atoms with Crippen LogP contribution in [0.3, 0.4) is 0 Å². The third-order valence-corrected chi connectivity index (χ3v) is 4.95. The van der Waals surface area contributed by atoms with Crippen LogP contribution in [0.2, 0.25) is 0 Å². The summed E-state index contributed by atoms with van der Waals surface area (Å²) in [6, 6.07) is 8.50. The van der Waals surface area contributed by atoms with Gasteiger partial charge in [-0.3, -0.25) is 9.59 Å². The molecule has 3 aromatic rings. The fourth-order valence-electron chi connectivity index (χ4n) is 3.57. The molecule has 1 N–H and O–H groups in total. The van der Waals surface area contributed by atoms with E-state index in [9.17, 15) is 14.4 Å². The highest BCUT2D eigenvalue weighted by Crippen LogP contribution is 2.24. The number of Topliss-reactive ketones (excluding diaryl/α,β-unsaturated/α-hetero) is 1. The Morgan fingerprint density at radius 1 is 1.10 bits per heavy atom. The van der Waals surface area contributed by atoms with E-state index in [1.165, 1.54) is 17.9 Å². The summed E-state index contributed by atoms with van der Waals surface area (Å²) >= 11 is 0. The Balaban J connectivity index is 1.76. The predicted octanol–water partition coefficient (Wildman–Crippen LogP) is 2.80. The lowest BCUT2D eigenvalue weighted by Gasteiger charge is -2.16. The second kappa shape index (κ2) is 9.29. The Kier molecular flexibility index (Phi) is 6.54. The number of benzene rings is 2. The van der Waals surface area contributed by atoms with Crippen molar-refractivity contribution in [2.75, 3.05) is 5.32 Å². The molecule has 0 aliphatic rings. The Hall–Kier alpha value is -3.88. The Morgan fingerprint density at radius 3 is 2.52 bits per heavy atom. The summed E-state index contributed by atoms with van der Waals surface area (Å²) in [6.07, 6.45) is 1.32. The molecule has 0 saturated heterocycles. The van der Waals surface area contributed by atoms with Gasteiger partial charge in [0.05, 0.1) is 11.3 Å². The first kappa shape index (κ1) is 21.8. The average molecular weight is 421 g/mol. The van der Waals surface area contributed by atoms with Gasteiger partial charge in [-0.05, 0) is 72.5 Å². The molecule has 0 spiro atoms. The second-order valence-electron chi connectivity index (χ2n) is 7.22. The second-order valence-corrected chi connectivity index (χ2v) is 7.22. The van der Waals surface area contributed by atoms with Crippen LogP contribution in [-0.2, 0) is 22.7 Å². The topological polar surface area (TPSA) is 116 Å². The van der Waals surface area contributed by atoms with Crippen LogP contribution >= 0.6 is 0 Å². The monoisotopic (exact) mass is 421 g/mol. The molecule has 160 valence electrons. The van der Waals surface area contributed by atoms with E-state index in [1.54, 1.807) is 24.3 Å². The largest absolute Gasteiger partial charge is 0.457 e. The normalized spacial score (nSPS) is 10.6. The Bertz CT molecular complexity index is 1140. The van der Waals surface area contributed by atoms with E-state index in [-0.39, 0.29) is 30.4 Å². The summed E-state index contributed by atoms with van der Waals surface area (Å²) in [4.78, 5) is 37.0. The van der Waals surface area contributed by atoms with Crippen molar-refractivity contribution in [2.24, 2.45) is 0 Å². The van der Waals surface area contributed by atoms with Gasteiger partial charge in [-0.2, -0.15) is 0 Å². The van der Waals surface area contributed by atoms with Gasteiger partial charge in [-0.25, -0.2) is 9.48 Å². The molecule has 9 nitrogen and oxygen atoms in total. The van der Waals surface area contributed by atoms with Gasteiger partial charge < -0.3 is 10.1 Å². The maximum absolute atomic E-state index is 12.8. The first-order valence-electron chi connectivity index (χ1n) is 9.65. The number of esters is 1. The van der Waals surface area contributed by atoms with E-state index in [1.807, 2.05) is 26.8 Å². The molecule has 31 heavy (non-hydrogen) atoms. The van der Waals surface area contributed by atoms with Crippen LogP contribution in [0.5, 0.6) is 0 Å². The molecule has 0 aliphatic heterocycles. The standard InChI is InChI=1S/C22H23N5O4/c1-13-9-14(2)21(16(4)28)15(3)18(13)11-31-22(30)17-7-5-6-8-19(17)24-20(29)10-27-12-23-25-26-27/h5-9,12H,10-11H2,1-4H3,(H,24,29). The van der Waals surface area contributed by atoms with Gasteiger partial charge in [0.25, 0.3) is 0 Å². The number of carbonyl (C=O) groups is 3. The van der Waals surface area contributed by atoms with E-state index >= 15 is 0 Å². The number of nitrogens with one attached hydrogen (secondary N) is 1.